The van der Waals surface area contributed by atoms with Gasteiger partial charge >= 0.3 is 0 Å². The van der Waals surface area contributed by atoms with Gasteiger partial charge < -0.3 is 14.2 Å². The van der Waals surface area contributed by atoms with Crippen molar-refractivity contribution in [3.05, 3.63) is 111 Å². The first-order chi connectivity index (χ1) is 34.5. The Morgan fingerprint density at radius 2 is 0.824 bits per heavy atom. The third-order valence-corrected chi connectivity index (χ3v) is 23.4. The molecule has 0 N–H and O–H groups in total. The van der Waals surface area contributed by atoms with Gasteiger partial charge in [-0.25, -0.2) is 0 Å². The van der Waals surface area contributed by atoms with E-state index in [0.29, 0.717) is 0 Å². The second-order valence-electron chi connectivity index (χ2n) is 32.2. The van der Waals surface area contributed by atoms with Crippen molar-refractivity contribution in [3.63, 3.8) is 0 Å². The topological polar surface area (TPSA) is 19.6 Å². The average Bonchev–Trinajstić information content (AvgIpc) is 3.75. The van der Waals surface area contributed by atoms with Gasteiger partial charge in [0.25, 0.3) is 6.71 Å². The van der Waals surface area contributed by atoms with Crippen molar-refractivity contribution < 1.29 is 4.42 Å². The van der Waals surface area contributed by atoms with Gasteiger partial charge in [-0.2, -0.15) is 0 Å². The molecule has 4 fully saturated rings. The van der Waals surface area contributed by atoms with Gasteiger partial charge in [0, 0.05) is 39.4 Å². The normalized spacial score (nSPS) is 29.6. The predicted octanol–water partition coefficient (Wildman–Crippen LogP) is 17.2. The number of fused-ring (bicyclic) bond motifs is 9. The number of anilines is 6. The Labute approximate surface area is 447 Å². The molecule has 4 aromatic carbocycles. The van der Waals surface area contributed by atoms with E-state index in [-0.39, 0.29) is 55.4 Å². The van der Waals surface area contributed by atoms with Gasteiger partial charge in [0.2, 0.25) is 0 Å². The Morgan fingerprint density at radius 1 is 0.419 bits per heavy atom. The highest BCUT2D eigenvalue weighted by molar-refractivity contribution is 6.99. The lowest BCUT2D eigenvalue weighted by Gasteiger charge is -2.57. The largest absolute Gasteiger partial charge is 0.472 e. The molecular weight excluding hydrogens is 896 g/mol. The van der Waals surface area contributed by atoms with Crippen LogP contribution in [0.3, 0.4) is 0 Å². The van der Waals surface area contributed by atoms with E-state index in [1.54, 1.807) is 5.56 Å². The van der Waals surface area contributed by atoms with Crippen LogP contribution in [-0.2, 0) is 48.7 Å². The molecule has 3 heterocycles. The zero-order valence-corrected chi connectivity index (χ0v) is 48.8. The lowest BCUT2D eigenvalue weighted by molar-refractivity contribution is -0.00514. The zero-order chi connectivity index (χ0) is 52.0. The molecule has 388 valence electrons. The first-order valence-electron chi connectivity index (χ1n) is 30.0. The van der Waals surface area contributed by atoms with Gasteiger partial charge in [0.1, 0.15) is 5.76 Å². The number of rotatable bonds is 3. The minimum absolute atomic E-state index is 0.0488. The Hall–Kier alpha value is -4.18. The van der Waals surface area contributed by atoms with Crippen LogP contribution in [0.25, 0.3) is 0 Å². The van der Waals surface area contributed by atoms with Crippen LogP contribution in [0.5, 0.6) is 0 Å². The molecule has 1 aromatic heterocycles. The van der Waals surface area contributed by atoms with Gasteiger partial charge in [0.05, 0.1) is 11.3 Å². The van der Waals surface area contributed by atoms with Crippen molar-refractivity contribution >= 4 is 57.4 Å². The average molecular weight is 985 g/mol. The zero-order valence-electron chi connectivity index (χ0n) is 48.8. The highest BCUT2D eigenvalue weighted by atomic mass is 16.3. The molecule has 4 saturated carbocycles. The van der Waals surface area contributed by atoms with E-state index in [1.165, 1.54) is 172 Å². The molecular formula is C70H89BN2O. The van der Waals surface area contributed by atoms with Crippen molar-refractivity contribution in [3.8, 4) is 0 Å². The van der Waals surface area contributed by atoms with Crippen molar-refractivity contribution in [1.29, 1.82) is 0 Å². The first kappa shape index (κ1) is 48.2. The molecule has 0 radical (unpaired) electrons. The molecule has 0 atom stereocenters. The molecule has 4 heteroatoms. The Bertz CT molecular complexity index is 3220. The molecule has 0 spiro atoms. The van der Waals surface area contributed by atoms with Gasteiger partial charge in [-0.1, -0.05) is 129 Å². The quantitative estimate of drug-likeness (QED) is 0.165. The van der Waals surface area contributed by atoms with Crippen LogP contribution in [0.15, 0.2) is 65.1 Å². The van der Waals surface area contributed by atoms with Gasteiger partial charge in [-0.05, 0) is 243 Å². The molecule has 0 unspecified atom stereocenters. The maximum atomic E-state index is 8.00. The van der Waals surface area contributed by atoms with Crippen molar-refractivity contribution in [2.24, 2.45) is 17.8 Å². The second-order valence-corrected chi connectivity index (χ2v) is 32.2. The summed E-state index contributed by atoms with van der Waals surface area (Å²) in [6, 6.07) is 26.7. The van der Waals surface area contributed by atoms with Gasteiger partial charge in [0.15, 0.2) is 0 Å². The standard InChI is InChI=1S/C70H89BN2O/c1-62(2)21-23-64(5,6)49-34-45(17-19-47(49)62)72-54-37-52-51(66(9,10)25-26-67(52,11)12)36-53(54)71-58-55(72)32-44(70-38-41-29-42(39-70)31-43(30-41)40-70)33-56(58)73(46-18-20-48-50(35-46)65(7,8)24-22-63(48,3)4)59-57-60(74-61(59)71)69(15,16)28-27-68(57,13)14/h17-20,32-37,41-43H,21-31,38-40H2,1-16H3. The van der Waals surface area contributed by atoms with Crippen LogP contribution < -0.4 is 26.4 Å². The van der Waals surface area contributed by atoms with E-state index in [2.05, 4.69) is 181 Å². The summed E-state index contributed by atoms with van der Waals surface area (Å²) in [7, 11) is 0. The molecule has 3 nitrogen and oxygen atoms in total. The summed E-state index contributed by atoms with van der Waals surface area (Å²) in [5, 5.41) is 0. The van der Waals surface area contributed by atoms with Crippen LogP contribution in [0, 0.1) is 17.8 Å². The highest BCUT2D eigenvalue weighted by Crippen LogP contribution is 2.63. The van der Waals surface area contributed by atoms with Gasteiger partial charge in [-0.3, -0.25) is 0 Å². The van der Waals surface area contributed by atoms with E-state index >= 15 is 0 Å². The third kappa shape index (κ3) is 6.56. The Balaban J connectivity index is 1.14. The summed E-state index contributed by atoms with van der Waals surface area (Å²) in [6.45, 7) is 40.1. The predicted molar refractivity (Wildman–Crippen MR) is 314 cm³/mol. The minimum atomic E-state index is -0.0930. The summed E-state index contributed by atoms with van der Waals surface area (Å²) in [5.41, 5.74) is 25.0. The molecule has 10 aliphatic rings. The number of furan rings is 1. The number of hydrogen-bond donors (Lipinski definition) is 0. The number of benzene rings is 4. The van der Waals surface area contributed by atoms with Crippen molar-refractivity contribution in [2.45, 2.75) is 249 Å². The lowest BCUT2D eigenvalue weighted by atomic mass is 9.34. The third-order valence-electron chi connectivity index (χ3n) is 23.4. The highest BCUT2D eigenvalue weighted by Gasteiger charge is 2.57. The summed E-state index contributed by atoms with van der Waals surface area (Å²) in [4.78, 5) is 5.67. The fourth-order valence-corrected chi connectivity index (χ4v) is 18.6. The van der Waals surface area contributed by atoms with Gasteiger partial charge in [-0.15, -0.1) is 0 Å². The summed E-state index contributed by atoms with van der Waals surface area (Å²) < 4.78 is 8.00. The fourth-order valence-electron chi connectivity index (χ4n) is 18.6. The SMILES string of the molecule is CC1(C)CCC(C)(C)c2cc(N3c4cc5c(cc4B4c6oc7c(c6N(c6ccc8c(c6)C(C)(C)CCC8(C)C)c6cc(C89CC%10CC(CC(C%10)C8)C9)cc3c64)C(C)(C)CCC7(C)C)C(C)(C)CCC5(C)C)ccc21. The molecule has 4 bridgehead atoms. The molecule has 0 saturated heterocycles. The van der Waals surface area contributed by atoms with E-state index in [9.17, 15) is 0 Å². The smallest absolute Gasteiger partial charge is 0.297 e. The van der Waals surface area contributed by atoms with Crippen LogP contribution >= 0.6 is 0 Å². The fraction of sp³-hybridized carbons (Fsp3) is 0.600. The summed E-state index contributed by atoms with van der Waals surface area (Å²) >= 11 is 0. The van der Waals surface area contributed by atoms with Crippen LogP contribution in [0.1, 0.15) is 251 Å². The Morgan fingerprint density at radius 3 is 1.32 bits per heavy atom. The minimum Gasteiger partial charge on any atom is -0.472 e. The van der Waals surface area contributed by atoms with Crippen molar-refractivity contribution in [1.82, 2.24) is 0 Å². The number of hydrogen-bond acceptors (Lipinski definition) is 3. The van der Waals surface area contributed by atoms with Crippen LogP contribution in [0.2, 0.25) is 0 Å². The lowest BCUT2D eigenvalue weighted by Crippen LogP contribution is -2.62. The summed E-state index contributed by atoms with van der Waals surface area (Å²) in [6.07, 6.45) is 17.8. The maximum absolute atomic E-state index is 8.00. The maximum Gasteiger partial charge on any atom is 0.297 e. The Kier molecular flexibility index (Phi) is 9.57. The van der Waals surface area contributed by atoms with E-state index in [0.717, 1.165) is 30.6 Å². The van der Waals surface area contributed by atoms with E-state index in [1.807, 2.05) is 0 Å². The van der Waals surface area contributed by atoms with Crippen LogP contribution in [-0.4, -0.2) is 6.71 Å². The molecule has 74 heavy (non-hydrogen) atoms. The molecule has 2 aliphatic heterocycles. The van der Waals surface area contributed by atoms with E-state index in [4.69, 9.17) is 4.42 Å². The summed E-state index contributed by atoms with van der Waals surface area (Å²) in [5.74, 6) is 3.76. The molecule has 0 amide bonds. The van der Waals surface area contributed by atoms with E-state index < -0.39 is 0 Å². The van der Waals surface area contributed by atoms with Crippen molar-refractivity contribution in [2.75, 3.05) is 9.80 Å². The number of nitrogens with zero attached hydrogens (tertiary/aromatic N) is 2. The van der Waals surface area contributed by atoms with Crippen LogP contribution in [0.4, 0.5) is 34.1 Å². The monoisotopic (exact) mass is 985 g/mol. The molecule has 8 aliphatic carbocycles. The molecule has 5 aromatic rings. The second kappa shape index (κ2) is 14.7. The first-order valence-corrected chi connectivity index (χ1v) is 30.0. The molecule has 15 rings (SSSR count).